The molecule has 1 N–H and O–H groups in total. The Bertz CT molecular complexity index is 1070. The zero-order chi connectivity index (χ0) is 26.5. The molecule has 3 saturated carbocycles. The molecule has 0 bridgehead atoms. The van der Waals surface area contributed by atoms with E-state index in [-0.39, 0.29) is 22.2 Å². The molecular formula is C27H40O8S. The summed E-state index contributed by atoms with van der Waals surface area (Å²) in [6.45, 7) is 10.9. The first-order chi connectivity index (χ1) is 16.7. The van der Waals surface area contributed by atoms with E-state index in [1.807, 2.05) is 0 Å². The van der Waals surface area contributed by atoms with Crippen LogP contribution in [0.3, 0.4) is 0 Å². The molecular weight excluding hydrogens is 484 g/mol. The summed E-state index contributed by atoms with van der Waals surface area (Å²) in [6, 6.07) is 0. The fourth-order valence-corrected chi connectivity index (χ4v) is 8.88. The molecule has 0 spiro atoms. The maximum absolute atomic E-state index is 11.9. The molecule has 0 aromatic carbocycles. The number of carbonyl (C=O) groups excluding carboxylic acids is 2. The van der Waals surface area contributed by atoms with E-state index in [4.69, 9.17) is 13.7 Å². The van der Waals surface area contributed by atoms with E-state index in [1.54, 1.807) is 0 Å². The second kappa shape index (κ2) is 9.46. The van der Waals surface area contributed by atoms with Crippen LogP contribution in [0.1, 0.15) is 92.4 Å². The van der Waals surface area contributed by atoms with E-state index in [0.717, 1.165) is 24.8 Å². The van der Waals surface area contributed by atoms with Crippen molar-refractivity contribution in [2.75, 3.05) is 0 Å². The number of carbonyl (C=O) groups is 2. The summed E-state index contributed by atoms with van der Waals surface area (Å²) in [5.74, 6) is 0.00536. The first-order valence-electron chi connectivity index (χ1n) is 13.1. The highest BCUT2D eigenvalue weighted by Crippen LogP contribution is 2.69. The van der Waals surface area contributed by atoms with E-state index < -0.39 is 28.6 Å². The number of esters is 2. The van der Waals surface area contributed by atoms with E-state index in [0.29, 0.717) is 36.7 Å². The van der Waals surface area contributed by atoms with Gasteiger partial charge in [0.2, 0.25) is 0 Å². The van der Waals surface area contributed by atoms with Gasteiger partial charge >= 0.3 is 22.3 Å². The molecule has 36 heavy (non-hydrogen) atoms. The Morgan fingerprint density at radius 3 is 2.53 bits per heavy atom. The third-order valence-corrected chi connectivity index (χ3v) is 10.3. The summed E-state index contributed by atoms with van der Waals surface area (Å²) in [6.07, 6.45) is 10.1. The Morgan fingerprint density at radius 1 is 1.14 bits per heavy atom. The lowest BCUT2D eigenvalue weighted by Crippen LogP contribution is -2.58. The summed E-state index contributed by atoms with van der Waals surface area (Å²) in [5, 5.41) is 0. The van der Waals surface area contributed by atoms with Gasteiger partial charge in [-0.2, -0.15) is 8.42 Å². The quantitative estimate of drug-likeness (QED) is 0.275. The van der Waals surface area contributed by atoms with Gasteiger partial charge in [0.15, 0.2) is 0 Å². The third-order valence-electron chi connectivity index (χ3n) is 9.95. The molecule has 202 valence electrons. The molecule has 4 aliphatic rings. The van der Waals surface area contributed by atoms with Gasteiger partial charge in [-0.1, -0.05) is 34.1 Å². The second-order valence-electron chi connectivity index (χ2n) is 12.4. The number of allylic oxidation sites excluding steroid dienone is 1. The average molecular weight is 525 g/mol. The fraction of sp³-hybridized carbons (Fsp3) is 0.778. The van der Waals surface area contributed by atoms with Crippen LogP contribution in [0.5, 0.6) is 0 Å². The van der Waals surface area contributed by atoms with Gasteiger partial charge in [-0.05, 0) is 90.9 Å². The van der Waals surface area contributed by atoms with Crippen molar-refractivity contribution in [1.82, 2.24) is 0 Å². The number of hydrogen-bond donors (Lipinski definition) is 1. The van der Waals surface area contributed by atoms with Gasteiger partial charge in [0, 0.05) is 18.6 Å². The maximum Gasteiger partial charge on any atom is 0.445 e. The van der Waals surface area contributed by atoms with Crippen molar-refractivity contribution in [1.29, 1.82) is 0 Å². The standard InChI is InChI=1S/C27H40O8S/c1-17(28)34-24-18(15-23(29)35-24)7-9-20-19(16-33-36(30,31)32)8-10-22-26(20,4)14-11-21-25(2,3)12-6-13-27(21,22)5/h15-16,20-22,24H,6-14H2,1-5H3,(H,30,31,32)/b19-16+/t20-,21-,22-,24?,26+,27-/m0/s1. The van der Waals surface area contributed by atoms with Gasteiger partial charge in [0.1, 0.15) is 6.26 Å². The zero-order valence-corrected chi connectivity index (χ0v) is 22.9. The van der Waals surface area contributed by atoms with E-state index in [9.17, 15) is 22.6 Å². The minimum atomic E-state index is -4.61. The van der Waals surface area contributed by atoms with Gasteiger partial charge in [-0.25, -0.2) is 4.79 Å². The molecule has 3 aliphatic carbocycles. The van der Waals surface area contributed by atoms with Crippen LogP contribution in [0.2, 0.25) is 0 Å². The molecule has 1 heterocycles. The molecule has 8 nitrogen and oxygen atoms in total. The number of cyclic esters (lactones) is 1. The topological polar surface area (TPSA) is 116 Å². The van der Waals surface area contributed by atoms with Crippen molar-refractivity contribution < 1.29 is 36.2 Å². The SMILES string of the molecule is CC(=O)OC1OC(=O)C=C1CC[C@H]1/C(=C/OS(=O)(=O)O)CC[C@H]2[C@]1(C)CC[C@H]1C(C)(C)CCC[C@]21C. The van der Waals surface area contributed by atoms with Crippen LogP contribution in [0, 0.1) is 34.0 Å². The normalized spacial score (nSPS) is 39.0. The average Bonchev–Trinajstić information content (AvgIpc) is 3.07. The van der Waals surface area contributed by atoms with E-state index in [2.05, 4.69) is 27.7 Å². The molecule has 0 radical (unpaired) electrons. The lowest BCUT2D eigenvalue weighted by atomic mass is 9.39. The van der Waals surface area contributed by atoms with Crippen LogP contribution in [0.4, 0.5) is 0 Å². The van der Waals surface area contributed by atoms with Crippen LogP contribution >= 0.6 is 0 Å². The molecule has 0 amide bonds. The van der Waals surface area contributed by atoms with Crippen molar-refractivity contribution in [3.05, 3.63) is 23.5 Å². The van der Waals surface area contributed by atoms with Gasteiger partial charge in [-0.3, -0.25) is 9.35 Å². The molecule has 1 aliphatic heterocycles. The van der Waals surface area contributed by atoms with Crippen molar-refractivity contribution in [2.24, 2.45) is 34.0 Å². The fourth-order valence-electron chi connectivity index (χ4n) is 8.64. The summed E-state index contributed by atoms with van der Waals surface area (Å²) in [5.41, 5.74) is 1.84. The number of hydrogen-bond acceptors (Lipinski definition) is 7. The maximum atomic E-state index is 11.9. The second-order valence-corrected chi connectivity index (χ2v) is 13.5. The number of ether oxygens (including phenoxy) is 2. The summed E-state index contributed by atoms with van der Waals surface area (Å²) < 4.78 is 47.1. The molecule has 0 saturated heterocycles. The van der Waals surface area contributed by atoms with Crippen molar-refractivity contribution in [3.63, 3.8) is 0 Å². The molecule has 0 aromatic heterocycles. The predicted molar refractivity (Wildman–Crippen MR) is 132 cm³/mol. The molecule has 4 rings (SSSR count). The lowest BCUT2D eigenvalue weighted by molar-refractivity contribution is -0.172. The predicted octanol–water partition coefficient (Wildman–Crippen LogP) is 5.50. The van der Waals surface area contributed by atoms with Crippen molar-refractivity contribution in [2.45, 2.75) is 98.7 Å². The molecule has 0 aromatic rings. The van der Waals surface area contributed by atoms with E-state index in [1.165, 1.54) is 38.5 Å². The molecule has 1 unspecified atom stereocenters. The molecule has 3 fully saturated rings. The largest absolute Gasteiger partial charge is 0.445 e. The van der Waals surface area contributed by atoms with Gasteiger partial charge in [0.25, 0.3) is 6.29 Å². The van der Waals surface area contributed by atoms with E-state index >= 15 is 0 Å². The summed E-state index contributed by atoms with van der Waals surface area (Å²) >= 11 is 0. The first-order valence-corrected chi connectivity index (χ1v) is 14.5. The third kappa shape index (κ3) is 5.10. The van der Waals surface area contributed by atoms with Crippen LogP contribution in [0.15, 0.2) is 23.5 Å². The number of fused-ring (bicyclic) bond motifs is 3. The Kier molecular flexibility index (Phi) is 7.14. The molecule has 6 atom stereocenters. The van der Waals surface area contributed by atoms with Crippen LogP contribution in [-0.4, -0.2) is 31.2 Å². The minimum absolute atomic E-state index is 0.0182. The highest BCUT2D eigenvalue weighted by atomic mass is 32.3. The van der Waals surface area contributed by atoms with Crippen LogP contribution in [-0.2, 0) is 33.6 Å². The van der Waals surface area contributed by atoms with Gasteiger partial charge < -0.3 is 13.7 Å². The van der Waals surface area contributed by atoms with Crippen molar-refractivity contribution in [3.8, 4) is 0 Å². The Hall–Kier alpha value is -1.87. The highest BCUT2D eigenvalue weighted by molar-refractivity contribution is 7.81. The zero-order valence-electron chi connectivity index (χ0n) is 22.0. The van der Waals surface area contributed by atoms with Crippen molar-refractivity contribution >= 4 is 22.3 Å². The molecule has 9 heteroatoms. The van der Waals surface area contributed by atoms with Crippen LogP contribution < -0.4 is 0 Å². The first kappa shape index (κ1) is 27.2. The highest BCUT2D eigenvalue weighted by Gasteiger charge is 2.61. The Labute approximate surface area is 214 Å². The number of rotatable bonds is 6. The van der Waals surface area contributed by atoms with Gasteiger partial charge in [0.05, 0.1) is 0 Å². The minimum Gasteiger partial charge on any atom is -0.421 e. The monoisotopic (exact) mass is 524 g/mol. The smallest absolute Gasteiger partial charge is 0.421 e. The Balaban J connectivity index is 1.65. The Morgan fingerprint density at radius 2 is 1.86 bits per heavy atom. The summed E-state index contributed by atoms with van der Waals surface area (Å²) in [4.78, 5) is 23.4. The van der Waals surface area contributed by atoms with Gasteiger partial charge in [-0.15, -0.1) is 0 Å². The lowest BCUT2D eigenvalue weighted by Gasteiger charge is -2.66. The van der Waals surface area contributed by atoms with Crippen LogP contribution in [0.25, 0.3) is 0 Å². The summed E-state index contributed by atoms with van der Waals surface area (Å²) in [7, 11) is -4.61.